The summed E-state index contributed by atoms with van der Waals surface area (Å²) >= 11 is 0. The van der Waals surface area contributed by atoms with E-state index in [1.807, 2.05) is 6.92 Å². The Labute approximate surface area is 199 Å². The molecule has 2 aromatic carbocycles. The molecular weight excluding hydrogens is 458 g/mol. The van der Waals surface area contributed by atoms with E-state index in [-0.39, 0.29) is 29.3 Å². The Hall–Kier alpha value is -3.57. The minimum absolute atomic E-state index is 0.0609. The number of aromatic nitrogens is 2. The zero-order chi connectivity index (χ0) is 25.0. The lowest BCUT2D eigenvalue weighted by molar-refractivity contribution is 0.337. The van der Waals surface area contributed by atoms with Crippen molar-refractivity contribution in [2.45, 2.75) is 33.2 Å². The fourth-order valence-electron chi connectivity index (χ4n) is 3.21. The SMILES string of the molecule is CCOc1cc(Cc2cnc(N)nc2N)cc(OS(=O)(=O)N(C)C(C)C)c1-c1ccc(O)cc1. The van der Waals surface area contributed by atoms with Gasteiger partial charge < -0.3 is 25.5 Å². The van der Waals surface area contributed by atoms with Gasteiger partial charge in [-0.25, -0.2) is 4.98 Å². The number of nitrogens with zero attached hydrogens (tertiary/aromatic N) is 3. The van der Waals surface area contributed by atoms with Gasteiger partial charge in [0.1, 0.15) is 17.3 Å². The van der Waals surface area contributed by atoms with Crippen LogP contribution in [0.5, 0.6) is 17.2 Å². The molecule has 10 nitrogen and oxygen atoms in total. The van der Waals surface area contributed by atoms with Crippen molar-refractivity contribution in [1.29, 1.82) is 0 Å². The van der Waals surface area contributed by atoms with Gasteiger partial charge in [-0.3, -0.25) is 0 Å². The number of phenolic OH excluding ortho intramolecular Hbond substituents is 1. The van der Waals surface area contributed by atoms with Gasteiger partial charge in [-0.15, -0.1) is 0 Å². The molecule has 0 amide bonds. The fourth-order valence-corrected chi connectivity index (χ4v) is 4.21. The summed E-state index contributed by atoms with van der Waals surface area (Å²) in [4.78, 5) is 7.97. The first-order valence-corrected chi connectivity index (χ1v) is 12.0. The number of rotatable bonds is 9. The highest BCUT2D eigenvalue weighted by Crippen LogP contribution is 2.42. The van der Waals surface area contributed by atoms with E-state index in [1.54, 1.807) is 38.1 Å². The van der Waals surface area contributed by atoms with E-state index in [1.165, 1.54) is 25.4 Å². The summed E-state index contributed by atoms with van der Waals surface area (Å²) in [6.07, 6.45) is 1.81. The van der Waals surface area contributed by atoms with Gasteiger partial charge in [-0.05, 0) is 56.2 Å². The van der Waals surface area contributed by atoms with Crippen LogP contribution < -0.4 is 20.4 Å². The first-order valence-electron chi connectivity index (χ1n) is 10.6. The van der Waals surface area contributed by atoms with Gasteiger partial charge in [0.25, 0.3) is 0 Å². The number of phenols is 1. The van der Waals surface area contributed by atoms with Crippen LogP contribution in [0.4, 0.5) is 11.8 Å². The average Bonchev–Trinajstić information content (AvgIpc) is 2.76. The molecule has 1 aromatic heterocycles. The summed E-state index contributed by atoms with van der Waals surface area (Å²) in [5.41, 5.74) is 13.9. The summed E-state index contributed by atoms with van der Waals surface area (Å²) in [6.45, 7) is 5.64. The minimum Gasteiger partial charge on any atom is -0.508 e. The Kier molecular flexibility index (Phi) is 7.48. The molecule has 0 atom stereocenters. The number of benzene rings is 2. The minimum atomic E-state index is -4.12. The van der Waals surface area contributed by atoms with Crippen LogP contribution >= 0.6 is 0 Å². The lowest BCUT2D eigenvalue weighted by Crippen LogP contribution is -2.36. The molecule has 3 rings (SSSR count). The van der Waals surface area contributed by atoms with E-state index < -0.39 is 10.3 Å². The van der Waals surface area contributed by atoms with Gasteiger partial charge in [0.05, 0.1) is 12.2 Å². The highest BCUT2D eigenvalue weighted by atomic mass is 32.2. The van der Waals surface area contributed by atoms with Crippen molar-refractivity contribution in [1.82, 2.24) is 14.3 Å². The third-order valence-electron chi connectivity index (χ3n) is 5.17. The topological polar surface area (TPSA) is 154 Å². The van der Waals surface area contributed by atoms with Gasteiger partial charge in [0, 0.05) is 31.3 Å². The quantitative estimate of drug-likeness (QED) is 0.413. The van der Waals surface area contributed by atoms with Crippen LogP contribution in [0.1, 0.15) is 31.9 Å². The molecule has 0 saturated carbocycles. The third-order valence-corrected chi connectivity index (χ3v) is 6.69. The van der Waals surface area contributed by atoms with E-state index >= 15 is 0 Å². The Balaban J connectivity index is 2.19. The molecule has 5 N–H and O–H groups in total. The van der Waals surface area contributed by atoms with Crippen LogP contribution in [-0.2, 0) is 16.7 Å². The van der Waals surface area contributed by atoms with Crippen molar-refractivity contribution < 1.29 is 22.4 Å². The second-order valence-corrected chi connectivity index (χ2v) is 9.51. The molecule has 0 aliphatic heterocycles. The monoisotopic (exact) mass is 487 g/mol. The second-order valence-electron chi connectivity index (χ2n) is 7.91. The highest BCUT2D eigenvalue weighted by molar-refractivity contribution is 7.84. The summed E-state index contributed by atoms with van der Waals surface area (Å²) < 4.78 is 38.6. The summed E-state index contributed by atoms with van der Waals surface area (Å²) in [5.74, 6) is 0.854. The number of nitrogen functional groups attached to an aromatic ring is 2. The molecule has 11 heteroatoms. The van der Waals surface area contributed by atoms with Gasteiger partial charge in [-0.2, -0.15) is 17.7 Å². The number of hydrogen-bond acceptors (Lipinski definition) is 9. The van der Waals surface area contributed by atoms with Crippen molar-refractivity contribution in [2.24, 2.45) is 0 Å². The predicted molar refractivity (Wildman–Crippen MR) is 131 cm³/mol. The maximum atomic E-state index is 13.0. The van der Waals surface area contributed by atoms with Crippen LogP contribution in [0, 0.1) is 0 Å². The molecule has 3 aromatic rings. The smallest absolute Gasteiger partial charge is 0.385 e. The number of nitrogens with two attached hydrogens (primary N) is 2. The van der Waals surface area contributed by atoms with Gasteiger partial charge in [0.2, 0.25) is 5.95 Å². The standard InChI is InChI=1S/C23H29N5O5S/c1-5-32-19-11-15(10-17-13-26-23(25)27-22(17)24)12-20(33-34(30,31)28(4)14(2)3)21(19)16-6-8-18(29)9-7-16/h6-9,11-14,29H,5,10H2,1-4H3,(H4,24,25,26,27). The van der Waals surface area contributed by atoms with E-state index in [4.69, 9.17) is 20.4 Å². The number of ether oxygens (including phenoxy) is 1. The van der Waals surface area contributed by atoms with Gasteiger partial charge >= 0.3 is 10.3 Å². The Morgan fingerprint density at radius 3 is 2.35 bits per heavy atom. The molecular formula is C23H29N5O5S. The van der Waals surface area contributed by atoms with Crippen molar-refractivity contribution in [3.8, 4) is 28.4 Å². The lowest BCUT2D eigenvalue weighted by Gasteiger charge is -2.23. The maximum Gasteiger partial charge on any atom is 0.385 e. The summed E-state index contributed by atoms with van der Waals surface area (Å²) in [7, 11) is -2.68. The molecule has 0 fully saturated rings. The van der Waals surface area contributed by atoms with Crippen LogP contribution in [0.15, 0.2) is 42.6 Å². The van der Waals surface area contributed by atoms with Gasteiger partial charge in [-0.1, -0.05) is 12.1 Å². The van der Waals surface area contributed by atoms with E-state index in [2.05, 4.69) is 9.97 Å². The molecule has 0 aliphatic carbocycles. The lowest BCUT2D eigenvalue weighted by atomic mass is 9.98. The van der Waals surface area contributed by atoms with E-state index in [0.717, 1.165) is 4.31 Å². The molecule has 34 heavy (non-hydrogen) atoms. The fraction of sp³-hybridized carbons (Fsp3) is 0.304. The molecule has 0 radical (unpaired) electrons. The normalized spacial score (nSPS) is 11.7. The van der Waals surface area contributed by atoms with Crippen LogP contribution in [-0.4, -0.2) is 47.5 Å². The first kappa shape index (κ1) is 25.1. The Bertz CT molecular complexity index is 1260. The predicted octanol–water partition coefficient (Wildman–Crippen LogP) is 2.97. The van der Waals surface area contributed by atoms with E-state index in [9.17, 15) is 13.5 Å². The van der Waals surface area contributed by atoms with Crippen LogP contribution in [0.2, 0.25) is 0 Å². The molecule has 0 bridgehead atoms. The van der Waals surface area contributed by atoms with Crippen molar-refractivity contribution in [2.75, 3.05) is 25.1 Å². The maximum absolute atomic E-state index is 13.0. The molecule has 0 aliphatic rings. The molecule has 0 spiro atoms. The summed E-state index contributed by atoms with van der Waals surface area (Å²) in [5, 5.41) is 9.72. The number of hydrogen-bond donors (Lipinski definition) is 3. The average molecular weight is 488 g/mol. The van der Waals surface area contributed by atoms with E-state index in [0.29, 0.717) is 41.0 Å². The zero-order valence-electron chi connectivity index (χ0n) is 19.5. The molecule has 0 unspecified atom stereocenters. The number of anilines is 2. The first-order chi connectivity index (χ1) is 16.0. The van der Waals surface area contributed by atoms with Crippen LogP contribution in [0.25, 0.3) is 11.1 Å². The molecule has 182 valence electrons. The Morgan fingerprint density at radius 2 is 1.76 bits per heavy atom. The molecule has 0 saturated heterocycles. The van der Waals surface area contributed by atoms with Crippen molar-refractivity contribution >= 4 is 22.1 Å². The van der Waals surface area contributed by atoms with Crippen molar-refractivity contribution in [3.63, 3.8) is 0 Å². The summed E-state index contributed by atoms with van der Waals surface area (Å²) in [6, 6.07) is 9.41. The second kappa shape index (κ2) is 10.1. The largest absolute Gasteiger partial charge is 0.508 e. The van der Waals surface area contributed by atoms with Gasteiger partial charge in [0.15, 0.2) is 5.75 Å². The van der Waals surface area contributed by atoms with Crippen LogP contribution in [0.3, 0.4) is 0 Å². The Morgan fingerprint density at radius 1 is 1.12 bits per heavy atom. The zero-order valence-corrected chi connectivity index (χ0v) is 20.3. The highest BCUT2D eigenvalue weighted by Gasteiger charge is 2.26. The van der Waals surface area contributed by atoms with Crippen molar-refractivity contribution in [3.05, 3.63) is 53.7 Å². The third kappa shape index (κ3) is 5.67. The number of aromatic hydroxyl groups is 1. The molecule has 1 heterocycles.